The number of nitrogens with zero attached hydrogens (tertiary/aromatic N) is 1. The molecule has 0 aromatic heterocycles. The van der Waals surface area contributed by atoms with Crippen molar-refractivity contribution in [3.8, 4) is 0 Å². The number of nitrogens with two attached hydrogens (primary N) is 1. The van der Waals surface area contributed by atoms with Gasteiger partial charge in [-0.15, -0.1) is 0 Å². The molecule has 0 saturated carbocycles. The van der Waals surface area contributed by atoms with Gasteiger partial charge in [-0.3, -0.25) is 0 Å². The lowest BCUT2D eigenvalue weighted by molar-refractivity contribution is 0.342. The Labute approximate surface area is 119 Å². The number of hydrogen-bond donors (Lipinski definition) is 1. The Morgan fingerprint density at radius 2 is 2.05 bits per heavy atom. The molecule has 1 aromatic carbocycles. The summed E-state index contributed by atoms with van der Waals surface area (Å²) in [5.41, 5.74) is 6.02. The van der Waals surface area contributed by atoms with E-state index >= 15 is 0 Å². The maximum absolute atomic E-state index is 12.8. The lowest BCUT2D eigenvalue weighted by Crippen LogP contribution is -2.38. The van der Waals surface area contributed by atoms with Gasteiger partial charge in [0.1, 0.15) is 4.90 Å². The van der Waals surface area contributed by atoms with Gasteiger partial charge in [-0.1, -0.05) is 30.5 Å². The second kappa shape index (κ2) is 5.69. The minimum Gasteiger partial charge on any atom is -0.398 e. The summed E-state index contributed by atoms with van der Waals surface area (Å²) in [5.74, 6) is 0. The lowest BCUT2D eigenvalue weighted by Gasteiger charge is -2.27. The van der Waals surface area contributed by atoms with Crippen molar-refractivity contribution >= 4 is 27.3 Å². The van der Waals surface area contributed by atoms with Crippen molar-refractivity contribution in [2.45, 2.75) is 43.5 Å². The highest BCUT2D eigenvalue weighted by Crippen LogP contribution is 2.32. The number of rotatable bonds is 2. The molecule has 0 bridgehead atoms. The second-order valence-corrected chi connectivity index (χ2v) is 7.21. The Balaban J connectivity index is 2.46. The molecule has 106 valence electrons. The molecule has 1 aromatic rings. The van der Waals surface area contributed by atoms with Crippen LogP contribution in [0.5, 0.6) is 0 Å². The normalized spacial score (nSPS) is 22.1. The molecule has 1 saturated heterocycles. The summed E-state index contributed by atoms with van der Waals surface area (Å²) in [6, 6.07) is 4.78. The van der Waals surface area contributed by atoms with Crippen molar-refractivity contribution in [3.05, 3.63) is 23.2 Å². The topological polar surface area (TPSA) is 63.4 Å². The van der Waals surface area contributed by atoms with Crippen LogP contribution in [0.25, 0.3) is 0 Å². The maximum Gasteiger partial charge on any atom is 0.246 e. The molecule has 1 aliphatic rings. The predicted octanol–water partition coefficient (Wildman–Crippen LogP) is 2.88. The third-order valence-electron chi connectivity index (χ3n) is 3.56. The third-order valence-corrected chi connectivity index (χ3v) is 6.11. The molecule has 1 unspecified atom stereocenters. The van der Waals surface area contributed by atoms with E-state index < -0.39 is 10.0 Å². The highest BCUT2D eigenvalue weighted by molar-refractivity contribution is 7.89. The monoisotopic (exact) mass is 302 g/mol. The lowest BCUT2D eigenvalue weighted by atomic mass is 10.1. The summed E-state index contributed by atoms with van der Waals surface area (Å²) in [4.78, 5) is 0.0467. The van der Waals surface area contributed by atoms with E-state index in [0.29, 0.717) is 6.54 Å². The smallest absolute Gasteiger partial charge is 0.246 e. The van der Waals surface area contributed by atoms with Crippen LogP contribution in [-0.2, 0) is 10.0 Å². The van der Waals surface area contributed by atoms with Gasteiger partial charge in [0.25, 0.3) is 0 Å². The second-order valence-electron chi connectivity index (χ2n) is 4.97. The third kappa shape index (κ3) is 2.88. The summed E-state index contributed by atoms with van der Waals surface area (Å²) in [5, 5.41) is 0.191. The molecule has 0 amide bonds. The molecule has 2 N–H and O–H groups in total. The number of anilines is 1. The molecule has 4 nitrogen and oxygen atoms in total. The first-order valence-corrected chi connectivity index (χ1v) is 8.32. The molecular formula is C13H19ClN2O2S. The quantitative estimate of drug-likeness (QED) is 0.854. The summed E-state index contributed by atoms with van der Waals surface area (Å²) in [6.45, 7) is 2.48. The van der Waals surface area contributed by atoms with E-state index in [0.717, 1.165) is 25.7 Å². The predicted molar refractivity (Wildman–Crippen MR) is 77.7 cm³/mol. The van der Waals surface area contributed by atoms with Crippen molar-refractivity contribution in [1.29, 1.82) is 0 Å². The van der Waals surface area contributed by atoms with E-state index in [9.17, 15) is 8.42 Å². The minimum atomic E-state index is -3.62. The van der Waals surface area contributed by atoms with Crippen molar-refractivity contribution in [1.82, 2.24) is 4.31 Å². The fourth-order valence-corrected chi connectivity index (χ4v) is 4.86. The van der Waals surface area contributed by atoms with Crippen LogP contribution in [0.1, 0.15) is 32.6 Å². The molecular weight excluding hydrogens is 284 g/mol. The van der Waals surface area contributed by atoms with Gasteiger partial charge in [0.2, 0.25) is 10.0 Å². The Morgan fingerprint density at radius 3 is 2.74 bits per heavy atom. The van der Waals surface area contributed by atoms with E-state index in [-0.39, 0.29) is 21.6 Å². The van der Waals surface area contributed by atoms with Gasteiger partial charge in [0, 0.05) is 12.6 Å². The Kier molecular flexibility index (Phi) is 4.38. The van der Waals surface area contributed by atoms with Crippen LogP contribution < -0.4 is 5.73 Å². The first kappa shape index (κ1) is 14.6. The molecule has 6 heteroatoms. The molecule has 0 radical (unpaired) electrons. The molecule has 0 aliphatic carbocycles. The highest BCUT2D eigenvalue weighted by atomic mass is 35.5. The van der Waals surface area contributed by atoms with Crippen LogP contribution in [0.15, 0.2) is 23.1 Å². The van der Waals surface area contributed by atoms with Crippen molar-refractivity contribution in [2.75, 3.05) is 12.3 Å². The molecule has 1 atom stereocenters. The van der Waals surface area contributed by atoms with Crippen LogP contribution >= 0.6 is 11.6 Å². The molecule has 2 rings (SSSR count). The zero-order valence-corrected chi connectivity index (χ0v) is 12.5. The molecule has 1 aliphatic heterocycles. The zero-order chi connectivity index (χ0) is 14.0. The van der Waals surface area contributed by atoms with Crippen molar-refractivity contribution < 1.29 is 8.42 Å². The average molecular weight is 303 g/mol. The summed E-state index contributed by atoms with van der Waals surface area (Å²) in [6.07, 6.45) is 3.89. The van der Waals surface area contributed by atoms with Crippen LogP contribution in [0.3, 0.4) is 0 Å². The fraction of sp³-hybridized carbons (Fsp3) is 0.538. The van der Waals surface area contributed by atoms with Gasteiger partial charge in [-0.05, 0) is 31.9 Å². The Morgan fingerprint density at radius 1 is 1.32 bits per heavy atom. The standard InChI is InChI=1S/C13H19ClN2O2S/c1-10-6-3-2-4-9-16(10)19(17,18)13-11(14)7-5-8-12(13)15/h5,7-8,10H,2-4,6,9,15H2,1H3. The largest absolute Gasteiger partial charge is 0.398 e. The van der Waals surface area contributed by atoms with Gasteiger partial charge in [0.15, 0.2) is 0 Å². The number of sulfonamides is 1. The molecule has 1 fully saturated rings. The SMILES string of the molecule is CC1CCCCCN1S(=O)(=O)c1c(N)cccc1Cl. The average Bonchev–Trinajstić information content (AvgIpc) is 2.53. The van der Waals surface area contributed by atoms with Gasteiger partial charge >= 0.3 is 0 Å². The fourth-order valence-electron chi connectivity index (χ4n) is 2.52. The van der Waals surface area contributed by atoms with Gasteiger partial charge in [0.05, 0.1) is 10.7 Å². The number of benzene rings is 1. The van der Waals surface area contributed by atoms with E-state index in [1.54, 1.807) is 18.2 Å². The molecule has 19 heavy (non-hydrogen) atoms. The first-order valence-electron chi connectivity index (χ1n) is 6.50. The van der Waals surface area contributed by atoms with Crippen molar-refractivity contribution in [2.24, 2.45) is 0 Å². The van der Waals surface area contributed by atoms with E-state index in [1.165, 1.54) is 4.31 Å². The summed E-state index contributed by atoms with van der Waals surface area (Å²) >= 11 is 6.04. The van der Waals surface area contributed by atoms with E-state index in [1.807, 2.05) is 6.92 Å². The highest BCUT2D eigenvalue weighted by Gasteiger charge is 2.32. The van der Waals surface area contributed by atoms with E-state index in [2.05, 4.69) is 0 Å². The van der Waals surface area contributed by atoms with Gasteiger partial charge in [-0.25, -0.2) is 8.42 Å². The maximum atomic E-state index is 12.8. The van der Waals surface area contributed by atoms with Gasteiger partial charge in [-0.2, -0.15) is 4.31 Å². The van der Waals surface area contributed by atoms with Crippen LogP contribution in [0.2, 0.25) is 5.02 Å². The number of hydrogen-bond acceptors (Lipinski definition) is 3. The summed E-state index contributed by atoms with van der Waals surface area (Å²) < 4.78 is 27.0. The number of nitrogen functional groups attached to an aromatic ring is 1. The Hall–Kier alpha value is -0.780. The molecule has 1 heterocycles. The van der Waals surface area contributed by atoms with E-state index in [4.69, 9.17) is 17.3 Å². The Bertz CT molecular complexity index is 540. The minimum absolute atomic E-state index is 0.0110. The van der Waals surface area contributed by atoms with Crippen LogP contribution in [0, 0.1) is 0 Å². The zero-order valence-electron chi connectivity index (χ0n) is 11.0. The van der Waals surface area contributed by atoms with Crippen LogP contribution in [0.4, 0.5) is 5.69 Å². The van der Waals surface area contributed by atoms with Gasteiger partial charge < -0.3 is 5.73 Å². The van der Waals surface area contributed by atoms with Crippen molar-refractivity contribution in [3.63, 3.8) is 0 Å². The van der Waals surface area contributed by atoms with Crippen LogP contribution in [-0.4, -0.2) is 25.3 Å². The summed E-state index contributed by atoms with van der Waals surface area (Å²) in [7, 11) is -3.62. The first-order chi connectivity index (χ1) is 8.94. The molecule has 0 spiro atoms. The number of halogens is 1.